The number of nitrogens with zero attached hydrogens (tertiary/aromatic N) is 2. The molecular formula is C30H60N2. The van der Waals surface area contributed by atoms with Crippen LogP contribution in [-0.4, -0.2) is 29.1 Å². The van der Waals surface area contributed by atoms with Gasteiger partial charge in [0.15, 0.2) is 0 Å². The maximum absolute atomic E-state index is 2.56. The second-order valence-electron chi connectivity index (χ2n) is 10.5. The van der Waals surface area contributed by atoms with Gasteiger partial charge in [-0.05, 0) is 19.8 Å². The Hall–Kier alpha value is -0.660. The molecule has 1 rings (SSSR count). The molecule has 0 amide bonds. The lowest BCUT2D eigenvalue weighted by molar-refractivity contribution is 0.165. The Morgan fingerprint density at radius 3 is 0.938 bits per heavy atom. The van der Waals surface area contributed by atoms with Crippen molar-refractivity contribution in [3.63, 3.8) is 0 Å². The molecule has 0 saturated heterocycles. The Bertz CT molecular complexity index is 406. The average molecular weight is 449 g/mol. The van der Waals surface area contributed by atoms with Gasteiger partial charge in [-0.25, -0.2) is 0 Å². The quantitative estimate of drug-likeness (QED) is 0.135. The van der Waals surface area contributed by atoms with Gasteiger partial charge in [0.2, 0.25) is 0 Å². The first-order valence-electron chi connectivity index (χ1n) is 15.0. The molecule has 0 bridgehead atoms. The highest BCUT2D eigenvalue weighted by Gasteiger charge is 2.20. The minimum absolute atomic E-state index is 0.571. The summed E-state index contributed by atoms with van der Waals surface area (Å²) in [6.07, 6.45) is 36.8. The highest BCUT2D eigenvalue weighted by molar-refractivity contribution is 4.95. The van der Waals surface area contributed by atoms with Gasteiger partial charge in [-0.2, -0.15) is 0 Å². The van der Waals surface area contributed by atoms with Crippen LogP contribution < -0.4 is 0 Å². The fourth-order valence-corrected chi connectivity index (χ4v) is 5.05. The summed E-state index contributed by atoms with van der Waals surface area (Å²) in [4.78, 5) is 5.11. The van der Waals surface area contributed by atoms with E-state index in [1.54, 1.807) is 0 Å². The lowest BCUT2D eigenvalue weighted by atomic mass is 10.0. The predicted molar refractivity (Wildman–Crippen MR) is 145 cm³/mol. The minimum Gasteiger partial charge on any atom is -0.356 e. The van der Waals surface area contributed by atoms with Crippen molar-refractivity contribution < 1.29 is 0 Å². The maximum atomic E-state index is 2.56. The van der Waals surface area contributed by atoms with Gasteiger partial charge < -0.3 is 9.80 Å². The summed E-state index contributed by atoms with van der Waals surface area (Å²) in [7, 11) is 0. The molecule has 0 aromatic rings. The second kappa shape index (κ2) is 22.1. The molecule has 0 saturated carbocycles. The molecular weight excluding hydrogens is 388 g/mol. The van der Waals surface area contributed by atoms with E-state index in [1.807, 2.05) is 0 Å². The normalized spacial score (nSPS) is 15.9. The molecule has 1 atom stereocenters. The van der Waals surface area contributed by atoms with Gasteiger partial charge in [0.25, 0.3) is 0 Å². The van der Waals surface area contributed by atoms with Crippen molar-refractivity contribution in [3.8, 4) is 0 Å². The average Bonchev–Trinajstić information content (AvgIpc) is 3.15. The topological polar surface area (TPSA) is 6.48 Å². The summed E-state index contributed by atoms with van der Waals surface area (Å²) < 4.78 is 0. The summed E-state index contributed by atoms with van der Waals surface area (Å²) >= 11 is 0. The van der Waals surface area contributed by atoms with Crippen molar-refractivity contribution in [3.05, 3.63) is 12.4 Å². The molecule has 0 aromatic heterocycles. The summed E-state index contributed by atoms with van der Waals surface area (Å²) in [5.74, 6) is 0. The van der Waals surface area contributed by atoms with Crippen LogP contribution >= 0.6 is 0 Å². The molecule has 0 N–H and O–H groups in total. The SMILES string of the molecule is CCCCCCCCCCCCCCCCCN1C=CN(CCCCCCCCC)C1C. The van der Waals surface area contributed by atoms with Crippen molar-refractivity contribution in [2.45, 2.75) is 168 Å². The fraction of sp³-hybridized carbons (Fsp3) is 0.933. The Labute approximate surface area is 203 Å². The first-order chi connectivity index (χ1) is 15.8. The molecule has 0 aliphatic carbocycles. The van der Waals surface area contributed by atoms with Gasteiger partial charge in [0.05, 0.1) is 6.17 Å². The van der Waals surface area contributed by atoms with Crippen molar-refractivity contribution in [1.29, 1.82) is 0 Å². The van der Waals surface area contributed by atoms with Gasteiger partial charge in [0, 0.05) is 25.5 Å². The zero-order valence-corrected chi connectivity index (χ0v) is 22.6. The first kappa shape index (κ1) is 29.4. The Balaban J connectivity index is 1.84. The lowest BCUT2D eigenvalue weighted by Gasteiger charge is -2.30. The molecule has 0 spiro atoms. The summed E-state index contributed by atoms with van der Waals surface area (Å²) in [6.45, 7) is 9.46. The van der Waals surface area contributed by atoms with Crippen LogP contribution in [0.25, 0.3) is 0 Å². The molecule has 2 heteroatoms. The van der Waals surface area contributed by atoms with E-state index in [0.29, 0.717) is 6.17 Å². The molecule has 2 nitrogen and oxygen atoms in total. The van der Waals surface area contributed by atoms with E-state index in [1.165, 1.54) is 154 Å². The number of hydrogen-bond donors (Lipinski definition) is 0. The Morgan fingerprint density at radius 1 is 0.406 bits per heavy atom. The third-order valence-corrected chi connectivity index (χ3v) is 7.45. The Morgan fingerprint density at radius 2 is 0.656 bits per heavy atom. The van der Waals surface area contributed by atoms with Crippen molar-refractivity contribution in [2.24, 2.45) is 0 Å². The van der Waals surface area contributed by atoms with E-state index >= 15 is 0 Å². The lowest BCUT2D eigenvalue weighted by Crippen LogP contribution is -2.36. The second-order valence-corrected chi connectivity index (χ2v) is 10.5. The highest BCUT2D eigenvalue weighted by atomic mass is 15.4. The van der Waals surface area contributed by atoms with Crippen molar-refractivity contribution >= 4 is 0 Å². The number of rotatable bonds is 24. The first-order valence-corrected chi connectivity index (χ1v) is 15.0. The van der Waals surface area contributed by atoms with Crippen LogP contribution in [0, 0.1) is 0 Å². The molecule has 0 radical (unpaired) electrons. The smallest absolute Gasteiger partial charge is 0.0977 e. The monoisotopic (exact) mass is 448 g/mol. The largest absolute Gasteiger partial charge is 0.356 e. The van der Waals surface area contributed by atoms with Crippen LogP contribution in [0.1, 0.15) is 162 Å². The van der Waals surface area contributed by atoms with Crippen molar-refractivity contribution in [1.82, 2.24) is 9.80 Å². The highest BCUT2D eigenvalue weighted by Crippen LogP contribution is 2.19. The van der Waals surface area contributed by atoms with Crippen LogP contribution in [0.4, 0.5) is 0 Å². The van der Waals surface area contributed by atoms with Gasteiger partial charge in [-0.3, -0.25) is 0 Å². The summed E-state index contributed by atoms with van der Waals surface area (Å²) in [6, 6.07) is 0. The standard InChI is InChI=1S/C30H60N2/c1-4-6-8-10-12-13-14-15-16-17-18-19-21-23-25-27-32-29-28-31(30(32)3)26-24-22-20-11-9-7-5-2/h28-30H,4-27H2,1-3H3. The van der Waals surface area contributed by atoms with E-state index in [4.69, 9.17) is 0 Å². The van der Waals surface area contributed by atoms with Gasteiger partial charge in [-0.15, -0.1) is 0 Å². The van der Waals surface area contributed by atoms with E-state index in [2.05, 4.69) is 43.0 Å². The molecule has 1 aliphatic heterocycles. The summed E-state index contributed by atoms with van der Waals surface area (Å²) in [5, 5.41) is 0. The van der Waals surface area contributed by atoms with Gasteiger partial charge in [0.1, 0.15) is 0 Å². The van der Waals surface area contributed by atoms with Crippen LogP contribution in [0.5, 0.6) is 0 Å². The molecule has 1 aliphatic rings. The summed E-state index contributed by atoms with van der Waals surface area (Å²) in [5.41, 5.74) is 0. The zero-order chi connectivity index (χ0) is 23.1. The van der Waals surface area contributed by atoms with E-state index in [0.717, 1.165) is 0 Å². The molecule has 0 aromatic carbocycles. The van der Waals surface area contributed by atoms with Crippen LogP contribution in [0.2, 0.25) is 0 Å². The number of unbranched alkanes of at least 4 members (excludes halogenated alkanes) is 20. The van der Waals surface area contributed by atoms with E-state index in [-0.39, 0.29) is 0 Å². The molecule has 1 heterocycles. The van der Waals surface area contributed by atoms with Crippen molar-refractivity contribution in [2.75, 3.05) is 13.1 Å². The van der Waals surface area contributed by atoms with Crippen LogP contribution in [0.3, 0.4) is 0 Å². The predicted octanol–water partition coefficient (Wildman–Crippen LogP) is 10.0. The third kappa shape index (κ3) is 16.0. The molecule has 32 heavy (non-hydrogen) atoms. The Kier molecular flexibility index (Phi) is 20.3. The van der Waals surface area contributed by atoms with Gasteiger partial charge >= 0.3 is 0 Å². The zero-order valence-electron chi connectivity index (χ0n) is 22.6. The van der Waals surface area contributed by atoms with Crippen LogP contribution in [0.15, 0.2) is 12.4 Å². The van der Waals surface area contributed by atoms with E-state index < -0.39 is 0 Å². The van der Waals surface area contributed by atoms with Crippen LogP contribution in [-0.2, 0) is 0 Å². The minimum atomic E-state index is 0.571. The maximum Gasteiger partial charge on any atom is 0.0977 e. The molecule has 1 unspecified atom stereocenters. The number of hydrogen-bond acceptors (Lipinski definition) is 2. The van der Waals surface area contributed by atoms with Gasteiger partial charge in [-0.1, -0.05) is 142 Å². The third-order valence-electron chi connectivity index (χ3n) is 7.45. The van der Waals surface area contributed by atoms with E-state index in [9.17, 15) is 0 Å². The fourth-order valence-electron chi connectivity index (χ4n) is 5.05. The molecule has 0 fully saturated rings. The molecule has 190 valence electrons.